The van der Waals surface area contributed by atoms with Crippen molar-refractivity contribution in [2.45, 2.75) is 52.5 Å². The number of hydrogen-bond donors (Lipinski definition) is 0. The summed E-state index contributed by atoms with van der Waals surface area (Å²) in [7, 11) is 1.98. The van der Waals surface area contributed by atoms with Crippen molar-refractivity contribution < 1.29 is 4.79 Å². The third-order valence-corrected chi connectivity index (χ3v) is 5.12. The van der Waals surface area contributed by atoms with E-state index in [0.29, 0.717) is 12.0 Å². The van der Waals surface area contributed by atoms with Crippen molar-refractivity contribution in [3.8, 4) is 0 Å². The molecule has 0 unspecified atom stereocenters. The number of hydrogen-bond acceptors (Lipinski definition) is 3. The van der Waals surface area contributed by atoms with Gasteiger partial charge in [0.15, 0.2) is 0 Å². The number of carbonyl (C=O) groups is 1. The molecule has 0 aromatic carbocycles. The molecular weight excluding hydrogens is 302 g/mol. The summed E-state index contributed by atoms with van der Waals surface area (Å²) in [6, 6.07) is 2.40. The highest BCUT2D eigenvalue weighted by Crippen LogP contribution is 2.28. The van der Waals surface area contributed by atoms with Gasteiger partial charge in [-0.25, -0.2) is 0 Å². The van der Waals surface area contributed by atoms with E-state index in [2.05, 4.69) is 35.5 Å². The highest BCUT2D eigenvalue weighted by Gasteiger charge is 2.28. The zero-order valence-corrected chi connectivity index (χ0v) is 15.3. The summed E-state index contributed by atoms with van der Waals surface area (Å²) in [6.07, 6.45) is 3.63. The second-order valence-electron chi connectivity index (χ2n) is 7.12. The minimum atomic E-state index is 0.159. The number of rotatable bonds is 3. The Hall–Kier alpha value is -2.11. The number of amides is 1. The minimum Gasteiger partial charge on any atom is -0.346 e. The lowest BCUT2D eigenvalue weighted by molar-refractivity contribution is 0.0709. The molecule has 24 heavy (non-hydrogen) atoms. The van der Waals surface area contributed by atoms with Gasteiger partial charge < -0.3 is 14.0 Å². The number of aromatic nitrogens is 4. The summed E-state index contributed by atoms with van der Waals surface area (Å²) in [5.41, 5.74) is 3.07. The Morgan fingerprint density at radius 1 is 1.25 bits per heavy atom. The average molecular weight is 329 g/mol. The lowest BCUT2D eigenvalue weighted by Gasteiger charge is -2.31. The van der Waals surface area contributed by atoms with E-state index in [1.165, 1.54) is 0 Å². The molecule has 3 heterocycles. The summed E-state index contributed by atoms with van der Waals surface area (Å²) in [6.45, 7) is 9.99. The second kappa shape index (κ2) is 6.42. The first kappa shape index (κ1) is 16.7. The van der Waals surface area contributed by atoms with Crippen LogP contribution in [-0.2, 0) is 7.05 Å². The van der Waals surface area contributed by atoms with Crippen molar-refractivity contribution in [3.05, 3.63) is 35.2 Å². The van der Waals surface area contributed by atoms with Gasteiger partial charge >= 0.3 is 0 Å². The molecule has 6 nitrogen and oxygen atoms in total. The maximum Gasteiger partial charge on any atom is 0.255 e. The first-order valence-corrected chi connectivity index (χ1v) is 8.71. The molecule has 0 aliphatic carbocycles. The van der Waals surface area contributed by atoms with Crippen LogP contribution in [0.25, 0.3) is 0 Å². The predicted octanol–water partition coefficient (Wildman–Crippen LogP) is 2.83. The Morgan fingerprint density at radius 3 is 2.42 bits per heavy atom. The molecule has 1 aliphatic rings. The van der Waals surface area contributed by atoms with E-state index in [4.69, 9.17) is 0 Å². The fraction of sp³-hybridized carbons (Fsp3) is 0.611. The average Bonchev–Trinajstić information content (AvgIpc) is 3.10. The largest absolute Gasteiger partial charge is 0.346 e. The van der Waals surface area contributed by atoms with Gasteiger partial charge in [-0.1, -0.05) is 0 Å². The molecule has 0 spiro atoms. The van der Waals surface area contributed by atoms with Crippen LogP contribution in [0.2, 0.25) is 0 Å². The first-order valence-electron chi connectivity index (χ1n) is 8.71. The molecule has 6 heteroatoms. The Balaban J connectivity index is 1.72. The van der Waals surface area contributed by atoms with Crippen LogP contribution in [0.1, 0.15) is 66.2 Å². The fourth-order valence-electron chi connectivity index (χ4n) is 3.96. The molecule has 0 radical (unpaired) electrons. The van der Waals surface area contributed by atoms with Crippen molar-refractivity contribution in [1.82, 2.24) is 24.2 Å². The van der Waals surface area contributed by atoms with Gasteiger partial charge in [-0.05, 0) is 46.6 Å². The van der Waals surface area contributed by atoms with Crippen LogP contribution < -0.4 is 0 Å². The van der Waals surface area contributed by atoms with Crippen molar-refractivity contribution in [2.75, 3.05) is 13.1 Å². The molecule has 0 saturated carbocycles. The maximum atomic E-state index is 12.9. The SMILES string of the molecule is Cc1cc(C(=O)N2CCC(c3nncn3C)CC2)c(C)n1C(C)C. The lowest BCUT2D eigenvalue weighted by atomic mass is 9.95. The molecule has 1 fully saturated rings. The van der Waals surface area contributed by atoms with Crippen molar-refractivity contribution in [3.63, 3.8) is 0 Å². The zero-order valence-electron chi connectivity index (χ0n) is 15.3. The van der Waals surface area contributed by atoms with Gasteiger partial charge in [-0.15, -0.1) is 10.2 Å². The van der Waals surface area contributed by atoms with E-state index in [0.717, 1.165) is 48.7 Å². The van der Waals surface area contributed by atoms with E-state index in [1.807, 2.05) is 29.5 Å². The molecule has 0 N–H and O–H groups in total. The summed E-state index contributed by atoms with van der Waals surface area (Å²) in [4.78, 5) is 14.9. The zero-order chi connectivity index (χ0) is 17.4. The van der Waals surface area contributed by atoms with Crippen LogP contribution in [0.15, 0.2) is 12.4 Å². The molecule has 0 atom stereocenters. The number of carbonyl (C=O) groups excluding carboxylic acids is 1. The summed E-state index contributed by atoms with van der Waals surface area (Å²) in [5, 5.41) is 8.19. The molecule has 130 valence electrons. The quantitative estimate of drug-likeness (QED) is 0.870. The number of aryl methyl sites for hydroxylation is 2. The van der Waals surface area contributed by atoms with E-state index in [1.54, 1.807) is 6.33 Å². The number of piperidine rings is 1. The summed E-state index contributed by atoms with van der Waals surface area (Å²) in [5.74, 6) is 1.58. The Morgan fingerprint density at radius 2 is 1.92 bits per heavy atom. The lowest BCUT2D eigenvalue weighted by Crippen LogP contribution is -2.38. The van der Waals surface area contributed by atoms with Gasteiger partial charge in [-0.3, -0.25) is 4.79 Å². The Bertz CT molecular complexity index is 735. The van der Waals surface area contributed by atoms with Gasteiger partial charge in [0, 0.05) is 43.5 Å². The van der Waals surface area contributed by atoms with E-state index < -0.39 is 0 Å². The molecule has 1 aliphatic heterocycles. The van der Waals surface area contributed by atoms with Crippen molar-refractivity contribution in [1.29, 1.82) is 0 Å². The second-order valence-corrected chi connectivity index (χ2v) is 7.12. The monoisotopic (exact) mass is 329 g/mol. The van der Waals surface area contributed by atoms with Crippen molar-refractivity contribution >= 4 is 5.91 Å². The minimum absolute atomic E-state index is 0.159. The van der Waals surface area contributed by atoms with Crippen LogP contribution in [0, 0.1) is 13.8 Å². The standard InChI is InChI=1S/C18H27N5O/c1-12(2)23-13(3)10-16(14(23)4)18(24)22-8-6-15(7-9-22)17-20-19-11-21(17)5/h10-12,15H,6-9H2,1-5H3. The number of likely N-dealkylation sites (tertiary alicyclic amines) is 1. The summed E-state index contributed by atoms with van der Waals surface area (Å²) >= 11 is 0. The molecule has 3 rings (SSSR count). The fourth-order valence-corrected chi connectivity index (χ4v) is 3.96. The third kappa shape index (κ3) is 2.85. The maximum absolute atomic E-state index is 12.9. The smallest absolute Gasteiger partial charge is 0.255 e. The molecular formula is C18H27N5O. The molecule has 1 saturated heterocycles. The summed E-state index contributed by atoms with van der Waals surface area (Å²) < 4.78 is 4.22. The normalized spacial score (nSPS) is 16.2. The van der Waals surface area contributed by atoms with Gasteiger partial charge in [0.1, 0.15) is 12.2 Å². The van der Waals surface area contributed by atoms with E-state index >= 15 is 0 Å². The van der Waals surface area contributed by atoms with Gasteiger partial charge in [0.25, 0.3) is 5.91 Å². The third-order valence-electron chi connectivity index (χ3n) is 5.12. The van der Waals surface area contributed by atoms with Crippen LogP contribution in [0.4, 0.5) is 0 Å². The van der Waals surface area contributed by atoms with Crippen LogP contribution >= 0.6 is 0 Å². The van der Waals surface area contributed by atoms with Gasteiger partial charge in [0.05, 0.1) is 5.56 Å². The van der Waals surface area contributed by atoms with E-state index in [-0.39, 0.29) is 5.91 Å². The van der Waals surface area contributed by atoms with E-state index in [9.17, 15) is 4.79 Å². The Labute approximate surface area is 143 Å². The molecule has 0 bridgehead atoms. The molecule has 2 aromatic rings. The van der Waals surface area contributed by atoms with Gasteiger partial charge in [0.2, 0.25) is 0 Å². The molecule has 2 aromatic heterocycles. The highest BCUT2D eigenvalue weighted by molar-refractivity contribution is 5.95. The topological polar surface area (TPSA) is 56.0 Å². The Kier molecular flexibility index (Phi) is 4.47. The van der Waals surface area contributed by atoms with Gasteiger partial charge in [-0.2, -0.15) is 0 Å². The number of nitrogens with zero attached hydrogens (tertiary/aromatic N) is 5. The first-order chi connectivity index (χ1) is 11.4. The molecule has 1 amide bonds. The van der Waals surface area contributed by atoms with Crippen molar-refractivity contribution in [2.24, 2.45) is 7.05 Å². The predicted molar refractivity (Wildman–Crippen MR) is 93.2 cm³/mol. The van der Waals surface area contributed by atoms with Crippen LogP contribution in [-0.4, -0.2) is 43.2 Å². The highest BCUT2D eigenvalue weighted by atomic mass is 16.2. The van der Waals surface area contributed by atoms with Crippen LogP contribution in [0.5, 0.6) is 0 Å². The van der Waals surface area contributed by atoms with Crippen LogP contribution in [0.3, 0.4) is 0 Å².